The Kier molecular flexibility index (Phi) is 6.65. The van der Waals surface area contributed by atoms with Crippen LogP contribution in [-0.4, -0.2) is 35.2 Å². The van der Waals surface area contributed by atoms with Gasteiger partial charge >= 0.3 is 5.97 Å². The fourth-order valence-corrected chi connectivity index (χ4v) is 4.24. The van der Waals surface area contributed by atoms with Gasteiger partial charge in [0.2, 0.25) is 0 Å². The van der Waals surface area contributed by atoms with Gasteiger partial charge in [-0.1, -0.05) is 61.5 Å². The SMILES string of the molecule is C[C@@H](CN[C@H](c1ccccc1)[C@H]1CNc2cccnc2N1)c1cccc(C(C)(C)C(=O)O)c1. The molecule has 0 bridgehead atoms. The number of fused-ring (bicyclic) bond motifs is 1. The molecule has 2 aromatic carbocycles. The molecule has 172 valence electrons. The Morgan fingerprint density at radius 3 is 2.64 bits per heavy atom. The minimum atomic E-state index is -0.923. The Morgan fingerprint density at radius 1 is 1.12 bits per heavy atom. The second kappa shape index (κ2) is 9.63. The molecule has 3 aromatic rings. The zero-order valence-corrected chi connectivity index (χ0v) is 19.4. The molecule has 33 heavy (non-hydrogen) atoms. The van der Waals surface area contributed by atoms with Gasteiger partial charge in [-0.05, 0) is 48.6 Å². The minimum Gasteiger partial charge on any atom is -0.481 e. The van der Waals surface area contributed by atoms with Gasteiger partial charge in [-0.25, -0.2) is 4.98 Å². The van der Waals surface area contributed by atoms with E-state index in [1.807, 2.05) is 36.4 Å². The number of aliphatic carboxylic acids is 1. The number of hydrogen-bond acceptors (Lipinski definition) is 5. The fourth-order valence-electron chi connectivity index (χ4n) is 4.24. The van der Waals surface area contributed by atoms with Crippen LogP contribution >= 0.6 is 0 Å². The van der Waals surface area contributed by atoms with Crippen LogP contribution in [0, 0.1) is 0 Å². The zero-order valence-electron chi connectivity index (χ0n) is 19.4. The molecule has 0 fully saturated rings. The number of aromatic nitrogens is 1. The van der Waals surface area contributed by atoms with E-state index in [-0.39, 0.29) is 18.0 Å². The molecule has 2 heterocycles. The maximum Gasteiger partial charge on any atom is 0.313 e. The van der Waals surface area contributed by atoms with E-state index in [0.29, 0.717) is 0 Å². The molecular formula is C27H32N4O2. The van der Waals surface area contributed by atoms with Crippen molar-refractivity contribution in [2.24, 2.45) is 0 Å². The third kappa shape index (κ3) is 5.01. The van der Waals surface area contributed by atoms with Crippen LogP contribution in [0.1, 0.15) is 49.4 Å². The lowest BCUT2D eigenvalue weighted by Crippen LogP contribution is -2.45. The standard InChI is InChI=1S/C27H32N4O2/c1-18(20-11-7-12-21(15-20)27(2,3)26(32)33)16-30-24(19-9-5-4-6-10-19)23-17-29-22-13-8-14-28-25(22)31-23/h4-15,18,23-24,29-30H,16-17H2,1-3H3,(H,28,31)(H,32,33)/t18-,23+,24+/m0/s1. The highest BCUT2D eigenvalue weighted by Crippen LogP contribution is 2.30. The predicted octanol–water partition coefficient (Wildman–Crippen LogP) is 4.78. The van der Waals surface area contributed by atoms with Crippen LogP contribution in [0.15, 0.2) is 72.9 Å². The first kappa shape index (κ1) is 22.8. The Hall–Kier alpha value is -3.38. The van der Waals surface area contributed by atoms with E-state index in [4.69, 9.17) is 0 Å². The smallest absolute Gasteiger partial charge is 0.313 e. The minimum absolute atomic E-state index is 0.0787. The van der Waals surface area contributed by atoms with E-state index in [1.165, 1.54) is 5.56 Å². The van der Waals surface area contributed by atoms with Crippen molar-refractivity contribution in [3.8, 4) is 0 Å². The fraction of sp³-hybridized carbons (Fsp3) is 0.333. The molecule has 0 saturated heterocycles. The van der Waals surface area contributed by atoms with Crippen molar-refractivity contribution in [2.75, 3.05) is 23.7 Å². The molecule has 3 atom stereocenters. The summed E-state index contributed by atoms with van der Waals surface area (Å²) in [7, 11) is 0. The number of carboxylic acids is 1. The van der Waals surface area contributed by atoms with E-state index in [2.05, 4.69) is 58.2 Å². The number of carboxylic acid groups (broad SMARTS) is 1. The van der Waals surface area contributed by atoms with Gasteiger partial charge in [-0.2, -0.15) is 0 Å². The van der Waals surface area contributed by atoms with Crippen molar-refractivity contribution < 1.29 is 9.90 Å². The maximum absolute atomic E-state index is 11.7. The Bertz CT molecular complexity index is 1100. The largest absolute Gasteiger partial charge is 0.481 e. The van der Waals surface area contributed by atoms with E-state index < -0.39 is 11.4 Å². The highest BCUT2D eigenvalue weighted by atomic mass is 16.4. The van der Waals surface area contributed by atoms with Gasteiger partial charge in [0, 0.05) is 19.3 Å². The van der Waals surface area contributed by atoms with Crippen LogP contribution in [0.3, 0.4) is 0 Å². The third-order valence-electron chi connectivity index (χ3n) is 6.56. The lowest BCUT2D eigenvalue weighted by atomic mass is 9.83. The van der Waals surface area contributed by atoms with Crippen LogP contribution in [-0.2, 0) is 10.2 Å². The molecule has 0 saturated carbocycles. The first-order valence-electron chi connectivity index (χ1n) is 11.4. The molecule has 4 N–H and O–H groups in total. The Labute approximate surface area is 195 Å². The quantitative estimate of drug-likeness (QED) is 0.400. The molecule has 0 amide bonds. The molecule has 0 unspecified atom stereocenters. The number of rotatable bonds is 8. The number of anilines is 2. The van der Waals surface area contributed by atoms with Crippen molar-refractivity contribution in [1.82, 2.24) is 10.3 Å². The normalized spacial score (nSPS) is 17.2. The van der Waals surface area contributed by atoms with Crippen LogP contribution in [0.4, 0.5) is 11.5 Å². The second-order valence-corrected chi connectivity index (χ2v) is 9.28. The van der Waals surface area contributed by atoms with Gasteiger partial charge in [0.05, 0.1) is 23.2 Å². The number of pyridine rings is 1. The lowest BCUT2D eigenvalue weighted by molar-refractivity contribution is -0.142. The van der Waals surface area contributed by atoms with Crippen LogP contribution in [0.2, 0.25) is 0 Å². The summed E-state index contributed by atoms with van der Waals surface area (Å²) in [5.41, 5.74) is 3.26. The van der Waals surface area contributed by atoms with Gasteiger partial charge in [0.15, 0.2) is 0 Å². The molecule has 4 rings (SSSR count). The summed E-state index contributed by atoms with van der Waals surface area (Å²) in [6, 6.07) is 22.6. The van der Waals surface area contributed by atoms with Gasteiger partial charge < -0.3 is 21.1 Å². The summed E-state index contributed by atoms with van der Waals surface area (Å²) in [6.07, 6.45) is 1.80. The van der Waals surface area contributed by atoms with E-state index in [1.54, 1.807) is 20.0 Å². The van der Waals surface area contributed by atoms with E-state index in [0.717, 1.165) is 35.7 Å². The molecule has 6 heteroatoms. The molecule has 1 aliphatic rings. The van der Waals surface area contributed by atoms with Crippen molar-refractivity contribution in [2.45, 2.75) is 44.2 Å². The summed E-state index contributed by atoms with van der Waals surface area (Å²) in [6.45, 7) is 7.20. The number of benzene rings is 2. The summed E-state index contributed by atoms with van der Waals surface area (Å²) < 4.78 is 0. The summed E-state index contributed by atoms with van der Waals surface area (Å²) in [5.74, 6) is 0.259. The molecule has 0 radical (unpaired) electrons. The number of nitrogens with one attached hydrogen (secondary N) is 3. The van der Waals surface area contributed by atoms with Crippen molar-refractivity contribution in [1.29, 1.82) is 0 Å². The molecule has 1 aromatic heterocycles. The Balaban J connectivity index is 1.52. The molecule has 0 aliphatic carbocycles. The molecular weight excluding hydrogens is 412 g/mol. The maximum atomic E-state index is 11.7. The van der Waals surface area contributed by atoms with Gasteiger partial charge in [-0.3, -0.25) is 4.79 Å². The highest BCUT2D eigenvalue weighted by molar-refractivity contribution is 5.80. The summed E-state index contributed by atoms with van der Waals surface area (Å²) in [4.78, 5) is 16.2. The Morgan fingerprint density at radius 2 is 1.88 bits per heavy atom. The molecule has 1 aliphatic heterocycles. The van der Waals surface area contributed by atoms with Gasteiger partial charge in [0.1, 0.15) is 5.82 Å². The lowest BCUT2D eigenvalue weighted by Gasteiger charge is -2.35. The molecule has 0 spiro atoms. The van der Waals surface area contributed by atoms with Crippen LogP contribution in [0.25, 0.3) is 0 Å². The number of carbonyl (C=O) groups is 1. The van der Waals surface area contributed by atoms with E-state index in [9.17, 15) is 9.90 Å². The highest BCUT2D eigenvalue weighted by Gasteiger charge is 2.30. The number of nitrogens with zero attached hydrogens (tertiary/aromatic N) is 1. The predicted molar refractivity (Wildman–Crippen MR) is 133 cm³/mol. The van der Waals surface area contributed by atoms with Gasteiger partial charge in [0.25, 0.3) is 0 Å². The summed E-state index contributed by atoms with van der Waals surface area (Å²) in [5, 5.41) is 20.5. The molecule has 6 nitrogen and oxygen atoms in total. The zero-order chi connectivity index (χ0) is 23.4. The average Bonchev–Trinajstić information content (AvgIpc) is 2.84. The van der Waals surface area contributed by atoms with Gasteiger partial charge in [-0.15, -0.1) is 0 Å². The average molecular weight is 445 g/mol. The topological polar surface area (TPSA) is 86.3 Å². The van der Waals surface area contributed by atoms with Crippen LogP contribution < -0.4 is 16.0 Å². The summed E-state index contributed by atoms with van der Waals surface area (Å²) >= 11 is 0. The second-order valence-electron chi connectivity index (χ2n) is 9.28. The first-order valence-corrected chi connectivity index (χ1v) is 11.4. The van der Waals surface area contributed by atoms with Crippen LogP contribution in [0.5, 0.6) is 0 Å². The van der Waals surface area contributed by atoms with Crippen molar-refractivity contribution in [3.63, 3.8) is 0 Å². The monoisotopic (exact) mass is 444 g/mol. The number of hydrogen-bond donors (Lipinski definition) is 4. The van der Waals surface area contributed by atoms with Crippen molar-refractivity contribution >= 4 is 17.5 Å². The van der Waals surface area contributed by atoms with E-state index >= 15 is 0 Å². The first-order chi connectivity index (χ1) is 15.9. The van der Waals surface area contributed by atoms with Crippen molar-refractivity contribution in [3.05, 3.63) is 89.6 Å². The third-order valence-corrected chi connectivity index (χ3v) is 6.56.